The molecule has 1 aromatic rings. The molecule has 0 aliphatic heterocycles. The Kier molecular flexibility index (Phi) is 4.25. The van der Waals surface area contributed by atoms with Gasteiger partial charge >= 0.3 is 6.18 Å². The van der Waals surface area contributed by atoms with E-state index in [1.807, 2.05) is 0 Å². The summed E-state index contributed by atoms with van der Waals surface area (Å²) < 4.78 is 38.1. The van der Waals surface area contributed by atoms with Crippen molar-refractivity contribution in [3.8, 4) is 0 Å². The monoisotopic (exact) mass is 238 g/mol. The Morgan fingerprint density at radius 3 is 2.62 bits per heavy atom. The molecule has 0 fully saturated rings. The molecule has 0 amide bonds. The predicted molar refractivity (Wildman–Crippen MR) is 49.4 cm³/mol. The molecule has 92 valence electrons. The summed E-state index contributed by atoms with van der Waals surface area (Å²) in [6, 6.07) is 0. The van der Waals surface area contributed by atoms with Crippen molar-refractivity contribution in [3.63, 3.8) is 0 Å². The van der Waals surface area contributed by atoms with Crippen LogP contribution in [-0.4, -0.2) is 50.6 Å². The van der Waals surface area contributed by atoms with Crippen molar-refractivity contribution in [2.24, 2.45) is 7.05 Å². The summed E-state index contributed by atoms with van der Waals surface area (Å²) in [5, 5.41) is 15.9. The van der Waals surface area contributed by atoms with E-state index >= 15 is 0 Å². The molecule has 5 nitrogen and oxygen atoms in total. The Morgan fingerprint density at radius 1 is 1.50 bits per heavy atom. The second-order valence-electron chi connectivity index (χ2n) is 3.41. The average Bonchev–Trinajstić information content (AvgIpc) is 2.49. The van der Waals surface area contributed by atoms with E-state index in [9.17, 15) is 13.2 Å². The Bertz CT molecular complexity index is 325. The van der Waals surface area contributed by atoms with Crippen LogP contribution in [0.25, 0.3) is 0 Å². The molecule has 1 rings (SSSR count). The van der Waals surface area contributed by atoms with Crippen LogP contribution in [0.15, 0.2) is 6.33 Å². The first-order chi connectivity index (χ1) is 7.42. The summed E-state index contributed by atoms with van der Waals surface area (Å²) >= 11 is 0. The van der Waals surface area contributed by atoms with E-state index in [2.05, 4.69) is 10.2 Å². The third-order valence-corrected chi connectivity index (χ3v) is 1.99. The quantitative estimate of drug-likeness (QED) is 0.794. The van der Waals surface area contributed by atoms with E-state index in [-0.39, 0.29) is 19.7 Å². The number of aryl methyl sites for hydroxylation is 1. The van der Waals surface area contributed by atoms with Crippen molar-refractivity contribution in [1.29, 1.82) is 0 Å². The summed E-state index contributed by atoms with van der Waals surface area (Å²) in [5.74, 6) is 0.428. The molecule has 8 heteroatoms. The van der Waals surface area contributed by atoms with Gasteiger partial charge in [0.2, 0.25) is 0 Å². The van der Waals surface area contributed by atoms with E-state index in [0.717, 1.165) is 4.90 Å². The zero-order valence-corrected chi connectivity index (χ0v) is 8.78. The van der Waals surface area contributed by atoms with Crippen LogP contribution in [0, 0.1) is 0 Å². The van der Waals surface area contributed by atoms with Gasteiger partial charge < -0.3 is 9.67 Å². The normalized spacial score (nSPS) is 12.4. The van der Waals surface area contributed by atoms with Gasteiger partial charge in [0.25, 0.3) is 0 Å². The molecule has 1 aromatic heterocycles. The summed E-state index contributed by atoms with van der Waals surface area (Å²) in [6.45, 7) is -1.43. The minimum Gasteiger partial charge on any atom is -0.395 e. The first kappa shape index (κ1) is 12.9. The lowest BCUT2D eigenvalue weighted by Gasteiger charge is -2.21. The van der Waals surface area contributed by atoms with Crippen molar-refractivity contribution in [3.05, 3.63) is 12.2 Å². The van der Waals surface area contributed by atoms with E-state index in [1.54, 1.807) is 11.6 Å². The predicted octanol–water partition coefficient (Wildman–Crippen LogP) is 0.172. The molecule has 0 bridgehead atoms. The number of aromatic nitrogens is 3. The number of aliphatic hydroxyl groups excluding tert-OH is 1. The summed E-state index contributed by atoms with van der Waals surface area (Å²) in [6.07, 6.45) is -2.87. The number of rotatable bonds is 5. The molecule has 1 N–H and O–H groups in total. The van der Waals surface area contributed by atoms with Gasteiger partial charge in [-0.25, -0.2) is 0 Å². The van der Waals surface area contributed by atoms with Crippen LogP contribution in [0.4, 0.5) is 13.2 Å². The van der Waals surface area contributed by atoms with Gasteiger partial charge in [-0.3, -0.25) is 4.90 Å². The van der Waals surface area contributed by atoms with E-state index in [1.165, 1.54) is 6.33 Å². The third kappa shape index (κ3) is 4.15. The molecular formula is C8H13F3N4O. The molecule has 0 radical (unpaired) electrons. The second kappa shape index (κ2) is 5.26. The molecule has 0 aliphatic carbocycles. The molecule has 0 aromatic carbocycles. The summed E-state index contributed by atoms with van der Waals surface area (Å²) in [5.41, 5.74) is 0. The number of nitrogens with zero attached hydrogens (tertiary/aromatic N) is 4. The van der Waals surface area contributed by atoms with Crippen molar-refractivity contribution in [1.82, 2.24) is 19.7 Å². The van der Waals surface area contributed by atoms with Crippen LogP contribution in [0.5, 0.6) is 0 Å². The Balaban J connectivity index is 2.61. The van der Waals surface area contributed by atoms with Gasteiger partial charge in [-0.15, -0.1) is 10.2 Å². The minimum absolute atomic E-state index is 0.0105. The number of hydrogen-bond acceptors (Lipinski definition) is 4. The van der Waals surface area contributed by atoms with Gasteiger partial charge in [-0.05, 0) is 0 Å². The highest BCUT2D eigenvalue weighted by molar-refractivity contribution is 4.84. The smallest absolute Gasteiger partial charge is 0.395 e. The van der Waals surface area contributed by atoms with Crippen molar-refractivity contribution >= 4 is 0 Å². The van der Waals surface area contributed by atoms with Crippen molar-refractivity contribution in [2.45, 2.75) is 12.7 Å². The van der Waals surface area contributed by atoms with Crippen molar-refractivity contribution < 1.29 is 18.3 Å². The average molecular weight is 238 g/mol. The lowest BCUT2D eigenvalue weighted by atomic mass is 10.4. The first-order valence-corrected chi connectivity index (χ1v) is 4.65. The minimum atomic E-state index is -4.28. The Morgan fingerprint density at radius 2 is 2.19 bits per heavy atom. The van der Waals surface area contributed by atoms with Crippen LogP contribution >= 0.6 is 0 Å². The van der Waals surface area contributed by atoms with Gasteiger partial charge in [0, 0.05) is 13.6 Å². The van der Waals surface area contributed by atoms with Gasteiger partial charge in [-0.2, -0.15) is 13.2 Å². The summed E-state index contributed by atoms with van der Waals surface area (Å²) in [4.78, 5) is 1.07. The van der Waals surface area contributed by atoms with Crippen LogP contribution in [0.2, 0.25) is 0 Å². The molecular weight excluding hydrogens is 225 g/mol. The second-order valence-corrected chi connectivity index (χ2v) is 3.41. The fraction of sp³-hybridized carbons (Fsp3) is 0.750. The van der Waals surface area contributed by atoms with Gasteiger partial charge in [0.15, 0.2) is 0 Å². The van der Waals surface area contributed by atoms with E-state index in [4.69, 9.17) is 5.11 Å². The van der Waals surface area contributed by atoms with Crippen LogP contribution in [-0.2, 0) is 13.6 Å². The summed E-state index contributed by atoms with van der Waals surface area (Å²) in [7, 11) is 1.65. The number of alkyl halides is 3. The molecule has 0 saturated carbocycles. The molecule has 0 atom stereocenters. The topological polar surface area (TPSA) is 54.2 Å². The molecule has 0 aliphatic rings. The lowest BCUT2D eigenvalue weighted by Crippen LogP contribution is -2.36. The highest BCUT2D eigenvalue weighted by Crippen LogP contribution is 2.17. The van der Waals surface area contributed by atoms with Gasteiger partial charge in [0.05, 0.1) is 19.7 Å². The Labute approximate surface area is 90.5 Å². The standard InChI is InChI=1S/C8H13F3N4O/c1-14-6-12-13-7(14)4-15(2-3-16)5-8(9,10)11/h6,16H,2-5H2,1H3. The number of aliphatic hydroxyl groups is 1. The molecule has 16 heavy (non-hydrogen) atoms. The van der Waals surface area contributed by atoms with Gasteiger partial charge in [0.1, 0.15) is 12.2 Å². The maximum Gasteiger partial charge on any atom is 0.401 e. The molecule has 0 unspecified atom stereocenters. The maximum atomic E-state index is 12.2. The van der Waals surface area contributed by atoms with Crippen LogP contribution < -0.4 is 0 Å². The molecule has 0 saturated heterocycles. The highest BCUT2D eigenvalue weighted by Gasteiger charge is 2.30. The lowest BCUT2D eigenvalue weighted by molar-refractivity contribution is -0.148. The van der Waals surface area contributed by atoms with E-state index < -0.39 is 12.7 Å². The zero-order chi connectivity index (χ0) is 12.2. The molecule has 0 spiro atoms. The number of hydrogen-bond donors (Lipinski definition) is 1. The number of halogens is 3. The fourth-order valence-electron chi connectivity index (χ4n) is 1.26. The van der Waals surface area contributed by atoms with Crippen molar-refractivity contribution in [2.75, 3.05) is 19.7 Å². The third-order valence-electron chi connectivity index (χ3n) is 1.99. The van der Waals surface area contributed by atoms with Gasteiger partial charge in [-0.1, -0.05) is 0 Å². The maximum absolute atomic E-state index is 12.2. The first-order valence-electron chi connectivity index (χ1n) is 4.65. The molecule has 1 heterocycles. The zero-order valence-electron chi connectivity index (χ0n) is 8.78. The van der Waals surface area contributed by atoms with Crippen LogP contribution in [0.1, 0.15) is 5.82 Å². The fourth-order valence-corrected chi connectivity index (χ4v) is 1.26. The highest BCUT2D eigenvalue weighted by atomic mass is 19.4. The SMILES string of the molecule is Cn1cnnc1CN(CCO)CC(F)(F)F. The van der Waals surface area contributed by atoms with Crippen LogP contribution in [0.3, 0.4) is 0 Å². The van der Waals surface area contributed by atoms with E-state index in [0.29, 0.717) is 5.82 Å². The Hall–Kier alpha value is -1.15. The largest absolute Gasteiger partial charge is 0.401 e.